The number of ether oxygens (including phenoxy) is 3. The van der Waals surface area contributed by atoms with Crippen LogP contribution in [0.5, 0.6) is 0 Å². The first-order valence-corrected chi connectivity index (χ1v) is 20.4. The lowest BCUT2D eigenvalue weighted by Gasteiger charge is -2.33. The third kappa shape index (κ3) is 7.27. The van der Waals surface area contributed by atoms with Crippen LogP contribution < -0.4 is 10.6 Å². The second-order valence-electron chi connectivity index (χ2n) is 16.4. The van der Waals surface area contributed by atoms with Crippen molar-refractivity contribution in [2.24, 2.45) is 11.8 Å². The van der Waals surface area contributed by atoms with Gasteiger partial charge < -0.3 is 49.7 Å². The topological polar surface area (TPSA) is 204 Å². The fourth-order valence-electron chi connectivity index (χ4n) is 9.33. The van der Waals surface area contributed by atoms with E-state index in [2.05, 4.69) is 61.8 Å². The monoisotopic (exact) mass is 808 g/mol. The Bertz CT molecular complexity index is 2260. The predicted molar refractivity (Wildman–Crippen MR) is 217 cm³/mol. The number of hydrogen-bond acceptors (Lipinski definition) is 10. The number of aromatic amines is 2. The van der Waals surface area contributed by atoms with Crippen LogP contribution in [-0.4, -0.2) is 104 Å². The molecule has 0 spiro atoms. The number of methoxy groups -OCH3 is 2. The number of imidazole rings is 2. The fourth-order valence-corrected chi connectivity index (χ4v) is 9.33. The van der Waals surface area contributed by atoms with E-state index in [1.807, 2.05) is 38.8 Å². The van der Waals surface area contributed by atoms with Crippen LogP contribution in [0.3, 0.4) is 0 Å². The van der Waals surface area contributed by atoms with Gasteiger partial charge in [0.05, 0.1) is 56.2 Å². The lowest BCUT2D eigenvalue weighted by atomic mass is 9.78. The Morgan fingerprint density at radius 2 is 1.64 bits per heavy atom. The van der Waals surface area contributed by atoms with E-state index in [9.17, 15) is 24.3 Å². The van der Waals surface area contributed by atoms with Gasteiger partial charge in [0.25, 0.3) is 0 Å². The van der Waals surface area contributed by atoms with Crippen molar-refractivity contribution in [3.8, 4) is 11.3 Å². The molecule has 2 saturated heterocycles. The Balaban J connectivity index is 1.01. The van der Waals surface area contributed by atoms with Crippen LogP contribution in [0.4, 0.5) is 9.59 Å². The number of carbonyl (C=O) groups excluding carboxylic acids is 4. The zero-order chi connectivity index (χ0) is 41.7. The van der Waals surface area contributed by atoms with Gasteiger partial charge in [-0.3, -0.25) is 9.59 Å². The van der Waals surface area contributed by atoms with E-state index in [0.29, 0.717) is 24.7 Å². The Labute approximate surface area is 342 Å². The molecule has 59 heavy (non-hydrogen) atoms. The molecule has 2 aliphatic carbocycles. The van der Waals surface area contributed by atoms with Crippen molar-refractivity contribution in [2.75, 3.05) is 20.8 Å². The van der Waals surface area contributed by atoms with Gasteiger partial charge in [-0.05, 0) is 92.4 Å². The third-order valence-corrected chi connectivity index (χ3v) is 12.5. The largest absolute Gasteiger partial charge is 0.489 e. The van der Waals surface area contributed by atoms with Crippen LogP contribution in [0.15, 0.2) is 42.3 Å². The number of allylic oxidation sites excluding steroid dienone is 4. The number of fused-ring (bicyclic) bond motifs is 5. The first-order valence-electron chi connectivity index (χ1n) is 20.4. The van der Waals surface area contributed by atoms with E-state index < -0.39 is 30.9 Å². The molecule has 3 aromatic rings. The van der Waals surface area contributed by atoms with E-state index in [-0.39, 0.29) is 47.8 Å². The Morgan fingerprint density at radius 1 is 0.949 bits per heavy atom. The number of carbonyl (C=O) groups is 4. The number of nitrogens with zero attached hydrogens (tertiary/aromatic N) is 4. The summed E-state index contributed by atoms with van der Waals surface area (Å²) in [5.74, 6) is 1.59. The van der Waals surface area contributed by atoms with Crippen molar-refractivity contribution in [3.05, 3.63) is 76.5 Å². The summed E-state index contributed by atoms with van der Waals surface area (Å²) in [5.41, 5.74) is 7.88. The fraction of sp³-hybridized carbons (Fsp3) is 0.488. The quantitative estimate of drug-likeness (QED) is 0.187. The number of alkyl carbamates (subject to hydrolysis) is 2. The molecule has 312 valence electrons. The van der Waals surface area contributed by atoms with Gasteiger partial charge in [-0.1, -0.05) is 32.1 Å². The molecule has 5 heterocycles. The van der Waals surface area contributed by atoms with Gasteiger partial charge in [-0.15, -0.1) is 0 Å². The Hall–Kier alpha value is -5.90. The summed E-state index contributed by atoms with van der Waals surface area (Å²) in [4.78, 5) is 71.8. The molecule has 0 bridgehead atoms. The average molecular weight is 809 g/mol. The minimum Gasteiger partial charge on any atom is -0.489 e. The molecule has 16 heteroatoms. The SMILES string of the molecule is COC(=O)N[C@@H](CO)C(=O)N1[C@@H](C)CC[C@H]1c1nc2c([nH]1)C=CC1CC3=C(C=C21)OCc1cc(-c2cnc([C@@H]4CC[C@H](C)N4C(=O)[C@@H](NC(=O)OC)C(C)C)[nH]2)ccc13. The Kier molecular flexibility index (Phi) is 10.8. The lowest BCUT2D eigenvalue weighted by molar-refractivity contribution is -0.138. The summed E-state index contributed by atoms with van der Waals surface area (Å²) in [6.45, 7) is 7.63. The molecule has 3 aliphatic heterocycles. The van der Waals surface area contributed by atoms with Gasteiger partial charge in [-0.25, -0.2) is 19.6 Å². The number of likely N-dealkylation sites (tertiary alicyclic amines) is 2. The number of rotatable bonds is 9. The lowest BCUT2D eigenvalue weighted by Crippen LogP contribution is -2.52. The second-order valence-corrected chi connectivity index (χ2v) is 16.4. The standard InChI is InChI=1S/C43H52N8O8/c1-21(2)36(49-43(56)58-6)41(54)51-23(4)7-13-33(51)38-44-18-31(46-38)25-9-11-27-26(15-25)20-59-35-17-28-24(16-29(27)35)10-12-30-37(28)48-39(45-30)34-14-8-22(3)50(34)40(53)32(19-52)47-42(55)57-5/h9-12,15,17-18,21-24,32-34,36,52H,7-8,13-14,16,19-20H2,1-6H3,(H,44,46)(H,45,48)(H,47,55)(H,49,56)/t22-,23-,24?,32-,33-,34-,36-/m0/s1. The molecule has 7 atom stereocenters. The van der Waals surface area contributed by atoms with Gasteiger partial charge >= 0.3 is 12.2 Å². The van der Waals surface area contributed by atoms with Crippen LogP contribution in [0.2, 0.25) is 0 Å². The van der Waals surface area contributed by atoms with Crippen LogP contribution >= 0.6 is 0 Å². The van der Waals surface area contributed by atoms with Crippen LogP contribution in [0, 0.1) is 11.8 Å². The van der Waals surface area contributed by atoms with Crippen molar-refractivity contribution in [2.45, 2.75) is 103 Å². The van der Waals surface area contributed by atoms with Gasteiger partial charge in [-0.2, -0.15) is 0 Å². The maximum atomic E-state index is 13.8. The second kappa shape index (κ2) is 16.0. The molecule has 0 radical (unpaired) electrons. The highest BCUT2D eigenvalue weighted by molar-refractivity contribution is 5.89. The van der Waals surface area contributed by atoms with E-state index in [0.717, 1.165) is 76.4 Å². The van der Waals surface area contributed by atoms with Crippen molar-refractivity contribution >= 4 is 41.2 Å². The molecule has 8 rings (SSSR count). The van der Waals surface area contributed by atoms with Crippen molar-refractivity contribution in [1.29, 1.82) is 0 Å². The average Bonchev–Trinajstić information content (AvgIpc) is 4.06. The van der Waals surface area contributed by atoms with Gasteiger partial charge in [0.1, 0.15) is 36.1 Å². The molecule has 1 aromatic carbocycles. The number of benzene rings is 1. The minimum absolute atomic E-state index is 0.0170. The summed E-state index contributed by atoms with van der Waals surface area (Å²) >= 11 is 0. The summed E-state index contributed by atoms with van der Waals surface area (Å²) in [6, 6.07) is 3.79. The zero-order valence-electron chi connectivity index (χ0n) is 34.2. The van der Waals surface area contributed by atoms with Crippen LogP contribution in [0.1, 0.15) is 106 Å². The number of H-pyrrole nitrogens is 2. The molecule has 2 aromatic heterocycles. The normalized spacial score (nSPS) is 24.0. The summed E-state index contributed by atoms with van der Waals surface area (Å²) in [5, 5.41) is 15.1. The predicted octanol–water partition coefficient (Wildman–Crippen LogP) is 5.37. The summed E-state index contributed by atoms with van der Waals surface area (Å²) in [6.07, 6.45) is 10.5. The highest BCUT2D eigenvalue weighted by Crippen LogP contribution is 2.48. The molecular formula is C43H52N8O8. The third-order valence-electron chi connectivity index (χ3n) is 12.5. The van der Waals surface area contributed by atoms with Gasteiger partial charge in [0.2, 0.25) is 11.8 Å². The van der Waals surface area contributed by atoms with Gasteiger partial charge in [0, 0.05) is 23.6 Å². The summed E-state index contributed by atoms with van der Waals surface area (Å²) in [7, 11) is 2.50. The molecule has 16 nitrogen and oxygen atoms in total. The first kappa shape index (κ1) is 39.9. The highest BCUT2D eigenvalue weighted by Gasteiger charge is 2.43. The molecule has 0 saturated carbocycles. The minimum atomic E-state index is -1.13. The highest BCUT2D eigenvalue weighted by atomic mass is 16.5. The molecule has 4 amide bonds. The number of aromatic nitrogens is 4. The zero-order valence-corrected chi connectivity index (χ0v) is 34.2. The molecule has 5 N–H and O–H groups in total. The molecule has 1 unspecified atom stereocenters. The van der Waals surface area contributed by atoms with E-state index in [1.165, 1.54) is 14.2 Å². The molecular weight excluding hydrogens is 757 g/mol. The van der Waals surface area contributed by atoms with Crippen LogP contribution in [0.25, 0.3) is 28.5 Å². The number of aliphatic hydroxyl groups is 1. The molecule has 5 aliphatic rings. The smallest absolute Gasteiger partial charge is 0.407 e. The van der Waals surface area contributed by atoms with Gasteiger partial charge in [0.15, 0.2) is 0 Å². The van der Waals surface area contributed by atoms with Crippen molar-refractivity contribution in [3.63, 3.8) is 0 Å². The first-order chi connectivity index (χ1) is 28.4. The maximum Gasteiger partial charge on any atom is 0.407 e. The van der Waals surface area contributed by atoms with E-state index in [4.69, 9.17) is 19.4 Å². The van der Waals surface area contributed by atoms with Crippen LogP contribution in [-0.2, 0) is 30.4 Å². The van der Waals surface area contributed by atoms with E-state index in [1.54, 1.807) is 4.90 Å². The molecule has 2 fully saturated rings. The Morgan fingerprint density at radius 3 is 2.34 bits per heavy atom. The number of hydrogen-bond donors (Lipinski definition) is 5. The van der Waals surface area contributed by atoms with E-state index >= 15 is 0 Å². The maximum absolute atomic E-state index is 13.8. The summed E-state index contributed by atoms with van der Waals surface area (Å²) < 4.78 is 15.9. The number of nitrogens with one attached hydrogen (secondary N) is 4. The van der Waals surface area contributed by atoms with Crippen molar-refractivity contribution in [1.82, 2.24) is 40.4 Å². The van der Waals surface area contributed by atoms with Crippen molar-refractivity contribution < 1.29 is 38.5 Å². The number of amides is 4. The number of aliphatic hydroxyl groups excluding tert-OH is 1.